The predicted octanol–water partition coefficient (Wildman–Crippen LogP) is 1.65. The van der Waals surface area contributed by atoms with Crippen LogP contribution in [-0.4, -0.2) is 27.3 Å². The maximum Gasteiger partial charge on any atom is 0.251 e. The molecule has 1 aromatic heterocycles. The second-order valence-electron chi connectivity index (χ2n) is 5.85. The molecule has 0 radical (unpaired) electrons. The van der Waals surface area contributed by atoms with Gasteiger partial charge in [0.25, 0.3) is 5.91 Å². The number of benzene rings is 1. The number of aryl methyl sites for hydroxylation is 1. The van der Waals surface area contributed by atoms with E-state index in [0.29, 0.717) is 12.2 Å². The van der Waals surface area contributed by atoms with E-state index in [4.69, 9.17) is 4.74 Å². The Hall–Kier alpha value is -2.37. The van der Waals surface area contributed by atoms with Crippen molar-refractivity contribution >= 4 is 5.91 Å². The van der Waals surface area contributed by atoms with Crippen LogP contribution in [0.5, 0.6) is 5.75 Å². The molecule has 6 heteroatoms. The highest BCUT2D eigenvalue weighted by molar-refractivity contribution is 5.94. The minimum atomic E-state index is -0.156. The van der Waals surface area contributed by atoms with Gasteiger partial charge in [0.2, 0.25) is 0 Å². The zero-order chi connectivity index (χ0) is 15.1. The van der Waals surface area contributed by atoms with Crippen LogP contribution in [0.2, 0.25) is 0 Å². The molecule has 1 aromatic carbocycles. The van der Waals surface area contributed by atoms with Gasteiger partial charge in [0.1, 0.15) is 11.6 Å². The molecule has 22 heavy (non-hydrogen) atoms. The van der Waals surface area contributed by atoms with Gasteiger partial charge in [-0.05, 0) is 37.1 Å². The van der Waals surface area contributed by atoms with Crippen molar-refractivity contribution in [3.8, 4) is 5.75 Å². The van der Waals surface area contributed by atoms with Gasteiger partial charge in [0.15, 0.2) is 5.82 Å². The van der Waals surface area contributed by atoms with E-state index in [2.05, 4.69) is 20.1 Å². The summed E-state index contributed by atoms with van der Waals surface area (Å²) < 4.78 is 7.58. The number of ether oxygens (including phenoxy) is 1. The summed E-state index contributed by atoms with van der Waals surface area (Å²) in [7, 11) is 0. The van der Waals surface area contributed by atoms with Gasteiger partial charge in [-0.2, -0.15) is 0 Å². The van der Waals surface area contributed by atoms with Crippen molar-refractivity contribution in [3.05, 3.63) is 41.0 Å². The van der Waals surface area contributed by atoms with Gasteiger partial charge in [0, 0.05) is 24.9 Å². The van der Waals surface area contributed by atoms with E-state index in [1.807, 2.05) is 19.1 Å². The van der Waals surface area contributed by atoms with Crippen molar-refractivity contribution in [2.24, 2.45) is 0 Å². The van der Waals surface area contributed by atoms with Crippen LogP contribution in [0.15, 0.2) is 18.2 Å². The molecule has 0 bridgehead atoms. The Bertz CT molecular complexity index is 738. The van der Waals surface area contributed by atoms with Gasteiger partial charge in [0.05, 0.1) is 12.6 Å². The molecule has 0 fully saturated rings. The third kappa shape index (κ3) is 2.15. The van der Waals surface area contributed by atoms with Crippen molar-refractivity contribution < 1.29 is 9.53 Å². The SMILES string of the molecule is C[C@H](NC(=O)c1ccc2c(c1)CCO2)c1nnc2n1CCC2. The molecule has 114 valence electrons. The zero-order valence-electron chi connectivity index (χ0n) is 12.5. The minimum Gasteiger partial charge on any atom is -0.493 e. The first-order valence-electron chi connectivity index (χ1n) is 7.71. The Morgan fingerprint density at radius 1 is 1.36 bits per heavy atom. The summed E-state index contributed by atoms with van der Waals surface area (Å²) in [6.07, 6.45) is 2.94. The van der Waals surface area contributed by atoms with Gasteiger partial charge in [-0.15, -0.1) is 10.2 Å². The fourth-order valence-corrected chi connectivity index (χ4v) is 3.17. The van der Waals surface area contributed by atoms with Gasteiger partial charge in [-0.1, -0.05) is 0 Å². The third-order valence-corrected chi connectivity index (χ3v) is 4.32. The number of aromatic nitrogens is 3. The standard InChI is InChI=1S/C16H18N4O2/c1-10(15-19-18-14-3-2-7-20(14)15)17-16(21)12-4-5-13-11(9-12)6-8-22-13/h4-5,9-10H,2-3,6-8H2,1H3,(H,17,21)/t10-/m0/s1. The monoisotopic (exact) mass is 298 g/mol. The molecule has 2 aliphatic rings. The van der Waals surface area contributed by atoms with Crippen LogP contribution in [0.25, 0.3) is 0 Å². The Balaban J connectivity index is 1.51. The van der Waals surface area contributed by atoms with Crippen molar-refractivity contribution in [1.29, 1.82) is 0 Å². The van der Waals surface area contributed by atoms with Crippen molar-refractivity contribution in [2.75, 3.05) is 6.61 Å². The molecule has 0 aliphatic carbocycles. The molecule has 6 nitrogen and oxygen atoms in total. The summed E-state index contributed by atoms with van der Waals surface area (Å²) in [5.74, 6) is 2.66. The molecule has 2 aliphatic heterocycles. The summed E-state index contributed by atoms with van der Waals surface area (Å²) in [6, 6.07) is 5.44. The molecular weight excluding hydrogens is 280 g/mol. The first-order chi connectivity index (χ1) is 10.7. The first kappa shape index (κ1) is 13.3. The van der Waals surface area contributed by atoms with E-state index in [-0.39, 0.29) is 11.9 Å². The average Bonchev–Trinajstić information content (AvgIpc) is 3.22. The summed E-state index contributed by atoms with van der Waals surface area (Å²) in [6.45, 7) is 3.58. The second-order valence-corrected chi connectivity index (χ2v) is 5.85. The highest BCUT2D eigenvalue weighted by Crippen LogP contribution is 2.26. The second kappa shape index (κ2) is 5.12. The van der Waals surface area contributed by atoms with Crippen LogP contribution in [-0.2, 0) is 19.4 Å². The summed E-state index contributed by atoms with van der Waals surface area (Å²) in [4.78, 5) is 12.4. The molecule has 1 atom stereocenters. The maximum atomic E-state index is 12.4. The van der Waals surface area contributed by atoms with Crippen LogP contribution < -0.4 is 10.1 Å². The molecule has 4 rings (SSSR count). The number of hydrogen-bond acceptors (Lipinski definition) is 4. The van der Waals surface area contributed by atoms with E-state index >= 15 is 0 Å². The number of hydrogen-bond donors (Lipinski definition) is 1. The van der Waals surface area contributed by atoms with E-state index in [9.17, 15) is 4.79 Å². The number of carbonyl (C=O) groups is 1. The number of nitrogens with one attached hydrogen (secondary N) is 1. The number of fused-ring (bicyclic) bond motifs is 2. The van der Waals surface area contributed by atoms with Gasteiger partial charge in [-0.25, -0.2) is 0 Å². The van der Waals surface area contributed by atoms with Crippen molar-refractivity contribution in [3.63, 3.8) is 0 Å². The highest BCUT2D eigenvalue weighted by atomic mass is 16.5. The summed E-state index contributed by atoms with van der Waals surface area (Å²) in [5, 5.41) is 11.4. The molecule has 3 heterocycles. The molecular formula is C16H18N4O2. The topological polar surface area (TPSA) is 69.0 Å². The van der Waals surface area contributed by atoms with E-state index in [1.54, 1.807) is 6.07 Å². The lowest BCUT2D eigenvalue weighted by atomic mass is 10.1. The lowest BCUT2D eigenvalue weighted by Crippen LogP contribution is -2.28. The zero-order valence-corrected chi connectivity index (χ0v) is 12.5. The molecule has 2 aromatic rings. The van der Waals surface area contributed by atoms with Crippen LogP contribution in [0.3, 0.4) is 0 Å². The maximum absolute atomic E-state index is 12.4. The fourth-order valence-electron chi connectivity index (χ4n) is 3.17. The van der Waals surface area contributed by atoms with E-state index < -0.39 is 0 Å². The average molecular weight is 298 g/mol. The number of amides is 1. The molecule has 0 saturated carbocycles. The van der Waals surface area contributed by atoms with Gasteiger partial charge in [-0.3, -0.25) is 4.79 Å². The van der Waals surface area contributed by atoms with Crippen LogP contribution in [0.4, 0.5) is 0 Å². The largest absolute Gasteiger partial charge is 0.493 e. The quantitative estimate of drug-likeness (QED) is 0.935. The van der Waals surface area contributed by atoms with Crippen LogP contribution in [0.1, 0.15) is 47.0 Å². The molecule has 1 amide bonds. The van der Waals surface area contributed by atoms with Crippen LogP contribution in [0, 0.1) is 0 Å². The summed E-state index contributed by atoms with van der Waals surface area (Å²) >= 11 is 0. The molecule has 0 saturated heterocycles. The smallest absolute Gasteiger partial charge is 0.251 e. The first-order valence-corrected chi connectivity index (χ1v) is 7.71. The predicted molar refractivity (Wildman–Crippen MR) is 79.9 cm³/mol. The summed E-state index contributed by atoms with van der Waals surface area (Å²) in [5.41, 5.74) is 1.76. The van der Waals surface area contributed by atoms with E-state index in [0.717, 1.165) is 48.8 Å². The van der Waals surface area contributed by atoms with Crippen molar-refractivity contribution in [1.82, 2.24) is 20.1 Å². The molecule has 1 N–H and O–H groups in total. The molecule has 0 spiro atoms. The Morgan fingerprint density at radius 2 is 2.27 bits per heavy atom. The minimum absolute atomic E-state index is 0.0856. The normalized spacial score (nSPS) is 16.8. The third-order valence-electron chi connectivity index (χ3n) is 4.32. The lowest BCUT2D eigenvalue weighted by molar-refractivity contribution is 0.0937. The van der Waals surface area contributed by atoms with Gasteiger partial charge < -0.3 is 14.6 Å². The number of rotatable bonds is 3. The fraction of sp³-hybridized carbons (Fsp3) is 0.438. The molecule has 0 unspecified atom stereocenters. The van der Waals surface area contributed by atoms with Crippen LogP contribution >= 0.6 is 0 Å². The van der Waals surface area contributed by atoms with Crippen molar-refractivity contribution in [2.45, 2.75) is 38.8 Å². The van der Waals surface area contributed by atoms with Gasteiger partial charge >= 0.3 is 0 Å². The Labute approximate surface area is 128 Å². The lowest BCUT2D eigenvalue weighted by Gasteiger charge is -2.14. The number of carbonyl (C=O) groups excluding carboxylic acids is 1. The Morgan fingerprint density at radius 3 is 3.18 bits per heavy atom. The Kier molecular flexibility index (Phi) is 3.10. The highest BCUT2D eigenvalue weighted by Gasteiger charge is 2.23. The van der Waals surface area contributed by atoms with E-state index in [1.165, 1.54) is 0 Å². The number of nitrogens with zero attached hydrogens (tertiary/aromatic N) is 3.